The number of hydrogen-bond donors (Lipinski definition) is 2. The Morgan fingerprint density at radius 1 is 1.44 bits per heavy atom. The van der Waals surface area contributed by atoms with Gasteiger partial charge in [-0.05, 0) is 25.3 Å². The van der Waals surface area contributed by atoms with Crippen LogP contribution < -0.4 is 5.32 Å². The molecule has 2 atom stereocenters. The van der Waals surface area contributed by atoms with Crippen molar-refractivity contribution in [2.75, 3.05) is 0 Å². The van der Waals surface area contributed by atoms with Crippen molar-refractivity contribution in [3.63, 3.8) is 0 Å². The number of nitrogens with one attached hydrogen (secondary N) is 2. The standard InChI is InChI=1S/C15H21N3/c1-2-3-4-5-9-12-17-15(18-13-16)14-10-7-6-8-11-14/h2,5-10,12-15H,1,3-4,11H2,(H2,16,18)/b9-5+,17-12?. The molecule has 0 aromatic heterocycles. The molecular weight excluding hydrogens is 222 g/mol. The van der Waals surface area contributed by atoms with Crippen molar-refractivity contribution in [1.29, 1.82) is 5.41 Å². The van der Waals surface area contributed by atoms with Gasteiger partial charge in [0.25, 0.3) is 0 Å². The highest BCUT2D eigenvalue weighted by atomic mass is 15.1. The van der Waals surface area contributed by atoms with Crippen LogP contribution in [0.1, 0.15) is 19.3 Å². The predicted molar refractivity (Wildman–Crippen MR) is 79.2 cm³/mol. The first kappa shape index (κ1) is 14.2. The third kappa shape index (κ3) is 5.43. The van der Waals surface area contributed by atoms with Crippen LogP contribution in [0.2, 0.25) is 0 Å². The minimum Gasteiger partial charge on any atom is -0.355 e. The Hall–Kier alpha value is -1.90. The molecule has 0 bridgehead atoms. The van der Waals surface area contributed by atoms with E-state index < -0.39 is 0 Å². The lowest BCUT2D eigenvalue weighted by Crippen LogP contribution is -2.32. The number of hydrogen-bond acceptors (Lipinski definition) is 2. The van der Waals surface area contributed by atoms with E-state index in [1.807, 2.05) is 24.3 Å². The lowest BCUT2D eigenvalue weighted by molar-refractivity contribution is 0.484. The van der Waals surface area contributed by atoms with Crippen LogP contribution in [0.25, 0.3) is 0 Å². The van der Waals surface area contributed by atoms with Crippen LogP contribution in [0.5, 0.6) is 0 Å². The van der Waals surface area contributed by atoms with Gasteiger partial charge >= 0.3 is 0 Å². The third-order valence-electron chi connectivity index (χ3n) is 2.68. The molecule has 1 aliphatic rings. The van der Waals surface area contributed by atoms with Gasteiger partial charge in [-0.3, -0.25) is 10.4 Å². The van der Waals surface area contributed by atoms with Crippen molar-refractivity contribution in [3.05, 3.63) is 49.1 Å². The smallest absolute Gasteiger partial charge is 0.125 e. The van der Waals surface area contributed by atoms with E-state index in [9.17, 15) is 0 Å². The molecule has 2 N–H and O–H groups in total. The normalized spacial score (nSPS) is 20.3. The molecule has 0 amide bonds. The Morgan fingerprint density at radius 2 is 2.33 bits per heavy atom. The molecule has 0 spiro atoms. The van der Waals surface area contributed by atoms with Crippen molar-refractivity contribution >= 4 is 12.6 Å². The van der Waals surface area contributed by atoms with Gasteiger partial charge in [-0.2, -0.15) is 0 Å². The second kappa shape index (κ2) is 9.16. The molecular formula is C15H21N3. The summed E-state index contributed by atoms with van der Waals surface area (Å²) >= 11 is 0. The Kier molecular flexibility index (Phi) is 7.21. The van der Waals surface area contributed by atoms with Gasteiger partial charge in [0, 0.05) is 12.1 Å². The fourth-order valence-corrected chi connectivity index (χ4v) is 1.71. The third-order valence-corrected chi connectivity index (χ3v) is 2.68. The van der Waals surface area contributed by atoms with Crippen molar-refractivity contribution in [1.82, 2.24) is 5.32 Å². The molecule has 1 rings (SSSR count). The summed E-state index contributed by atoms with van der Waals surface area (Å²) in [4.78, 5) is 4.45. The maximum Gasteiger partial charge on any atom is 0.125 e. The van der Waals surface area contributed by atoms with E-state index in [0.29, 0.717) is 5.92 Å². The summed E-state index contributed by atoms with van der Waals surface area (Å²) in [5, 5.41) is 10.1. The van der Waals surface area contributed by atoms with Crippen LogP contribution in [0.15, 0.2) is 54.1 Å². The van der Waals surface area contributed by atoms with Crippen LogP contribution in [0.3, 0.4) is 0 Å². The predicted octanol–water partition coefficient (Wildman–Crippen LogP) is 3.23. The van der Waals surface area contributed by atoms with Crippen molar-refractivity contribution in [3.8, 4) is 0 Å². The maximum atomic E-state index is 7.14. The number of unbranched alkanes of at least 4 members (excludes halogenated alkanes) is 1. The summed E-state index contributed by atoms with van der Waals surface area (Å²) in [5.41, 5.74) is 0. The lowest BCUT2D eigenvalue weighted by atomic mass is 9.98. The summed E-state index contributed by atoms with van der Waals surface area (Å²) in [6.45, 7) is 3.68. The van der Waals surface area contributed by atoms with Gasteiger partial charge in [0.05, 0.1) is 6.34 Å². The summed E-state index contributed by atoms with van der Waals surface area (Å²) in [6.07, 6.45) is 20.1. The zero-order chi connectivity index (χ0) is 13.1. The van der Waals surface area contributed by atoms with Gasteiger partial charge in [-0.25, -0.2) is 0 Å². The molecule has 0 aliphatic heterocycles. The minimum absolute atomic E-state index is 0.0623. The molecule has 0 radical (unpaired) electrons. The summed E-state index contributed by atoms with van der Waals surface area (Å²) in [5.74, 6) is 0.314. The van der Waals surface area contributed by atoms with E-state index in [4.69, 9.17) is 5.41 Å². The number of aliphatic imine (C=N–C) groups is 1. The molecule has 0 saturated heterocycles. The molecule has 96 valence electrons. The average molecular weight is 243 g/mol. The topological polar surface area (TPSA) is 48.2 Å². The number of nitrogens with zero attached hydrogens (tertiary/aromatic N) is 1. The monoisotopic (exact) mass is 243 g/mol. The highest BCUT2D eigenvalue weighted by Crippen LogP contribution is 2.16. The molecule has 3 heteroatoms. The first-order chi connectivity index (χ1) is 8.88. The molecule has 0 fully saturated rings. The van der Waals surface area contributed by atoms with Crippen molar-refractivity contribution < 1.29 is 0 Å². The van der Waals surface area contributed by atoms with Gasteiger partial charge in [0.15, 0.2) is 0 Å². The molecule has 2 unspecified atom stereocenters. The quantitative estimate of drug-likeness (QED) is 0.292. The molecule has 1 aliphatic carbocycles. The fraction of sp³-hybridized carbons (Fsp3) is 0.333. The molecule has 3 nitrogen and oxygen atoms in total. The zero-order valence-electron chi connectivity index (χ0n) is 10.6. The highest BCUT2D eigenvalue weighted by molar-refractivity contribution is 5.71. The fourth-order valence-electron chi connectivity index (χ4n) is 1.71. The second-order valence-electron chi connectivity index (χ2n) is 4.06. The van der Waals surface area contributed by atoms with Crippen molar-refractivity contribution in [2.24, 2.45) is 10.9 Å². The van der Waals surface area contributed by atoms with E-state index >= 15 is 0 Å². The van der Waals surface area contributed by atoms with E-state index in [1.54, 1.807) is 6.21 Å². The van der Waals surface area contributed by atoms with E-state index in [2.05, 4.69) is 35.1 Å². The Labute approximate surface area is 109 Å². The van der Waals surface area contributed by atoms with Gasteiger partial charge in [-0.15, -0.1) is 6.58 Å². The van der Waals surface area contributed by atoms with Crippen LogP contribution in [0.4, 0.5) is 0 Å². The average Bonchev–Trinajstić information content (AvgIpc) is 2.42. The SMILES string of the molecule is C=CCC/C=C/C=NC(NC=N)C1C=CC=CC1. The summed E-state index contributed by atoms with van der Waals surface area (Å²) in [7, 11) is 0. The van der Waals surface area contributed by atoms with Gasteiger partial charge in [0.1, 0.15) is 6.17 Å². The first-order valence-corrected chi connectivity index (χ1v) is 6.26. The Morgan fingerprint density at radius 3 is 3.00 bits per heavy atom. The van der Waals surface area contributed by atoms with E-state index in [1.165, 1.54) is 6.34 Å². The van der Waals surface area contributed by atoms with Crippen LogP contribution in [0, 0.1) is 11.3 Å². The van der Waals surface area contributed by atoms with Gasteiger partial charge in [0.2, 0.25) is 0 Å². The van der Waals surface area contributed by atoms with Gasteiger partial charge < -0.3 is 5.32 Å². The van der Waals surface area contributed by atoms with Crippen LogP contribution >= 0.6 is 0 Å². The molecule has 0 heterocycles. The largest absolute Gasteiger partial charge is 0.355 e. The molecule has 0 aromatic carbocycles. The zero-order valence-corrected chi connectivity index (χ0v) is 10.6. The minimum atomic E-state index is -0.0623. The van der Waals surface area contributed by atoms with Gasteiger partial charge in [-0.1, -0.05) is 36.5 Å². The van der Waals surface area contributed by atoms with E-state index in [-0.39, 0.29) is 6.17 Å². The Balaban J connectivity index is 2.46. The number of rotatable bonds is 8. The Bertz CT molecular complexity index is 364. The highest BCUT2D eigenvalue weighted by Gasteiger charge is 2.15. The molecule has 18 heavy (non-hydrogen) atoms. The maximum absolute atomic E-state index is 7.14. The summed E-state index contributed by atoms with van der Waals surface area (Å²) in [6, 6.07) is 0. The van der Waals surface area contributed by atoms with Crippen LogP contribution in [-0.4, -0.2) is 18.7 Å². The molecule has 0 aromatic rings. The van der Waals surface area contributed by atoms with E-state index in [0.717, 1.165) is 19.3 Å². The molecule has 0 saturated carbocycles. The van der Waals surface area contributed by atoms with Crippen LogP contribution in [-0.2, 0) is 0 Å². The second-order valence-corrected chi connectivity index (χ2v) is 4.06. The lowest BCUT2D eigenvalue weighted by Gasteiger charge is -2.21. The number of allylic oxidation sites excluding steroid dienone is 6. The summed E-state index contributed by atoms with van der Waals surface area (Å²) < 4.78 is 0. The first-order valence-electron chi connectivity index (χ1n) is 6.26. The van der Waals surface area contributed by atoms with Crippen molar-refractivity contribution in [2.45, 2.75) is 25.4 Å².